The van der Waals surface area contributed by atoms with Crippen LogP contribution in [-0.2, 0) is 4.79 Å². The summed E-state index contributed by atoms with van der Waals surface area (Å²) in [5.41, 5.74) is 1.60. The quantitative estimate of drug-likeness (QED) is 0.405. The Morgan fingerprint density at radius 1 is 1.23 bits per heavy atom. The minimum atomic E-state index is -0.269. The highest BCUT2D eigenvalue weighted by molar-refractivity contribution is 7.99. The van der Waals surface area contributed by atoms with Crippen molar-refractivity contribution in [2.45, 2.75) is 18.2 Å². The average molecular weight is 443 g/mol. The zero-order valence-corrected chi connectivity index (χ0v) is 18.0. The van der Waals surface area contributed by atoms with Crippen molar-refractivity contribution in [1.82, 2.24) is 14.8 Å². The Hall–Kier alpha value is -2.91. The molecule has 0 radical (unpaired) electrons. The molecule has 9 heteroatoms. The Balaban J connectivity index is 1.45. The van der Waals surface area contributed by atoms with E-state index in [1.54, 1.807) is 23.9 Å². The maximum Gasteiger partial charge on any atom is 0.226 e. The zero-order valence-electron chi connectivity index (χ0n) is 16.4. The minimum absolute atomic E-state index is 0.117. The summed E-state index contributed by atoms with van der Waals surface area (Å²) in [6.07, 6.45) is 0.323. The van der Waals surface area contributed by atoms with Crippen LogP contribution in [0.1, 0.15) is 12.1 Å². The molecule has 1 N–H and O–H groups in total. The fourth-order valence-electron chi connectivity index (χ4n) is 2.84. The standard InChI is InChI=1S/C21H19FN4O2S2/c1-13-11-19(24-20(27)9-10-29-16-6-3-14(22)4-7-16)26(25-13)21-23-17-12-15(28-2)5-8-18(17)30-21/h3-8,11-12H,9-10H2,1-2H3,(H,24,27). The lowest BCUT2D eigenvalue weighted by atomic mass is 10.3. The first-order valence-corrected chi connectivity index (χ1v) is 11.0. The van der Waals surface area contributed by atoms with Crippen molar-refractivity contribution in [3.63, 3.8) is 0 Å². The Bertz CT molecular complexity index is 1190. The van der Waals surface area contributed by atoms with Crippen LogP contribution in [0, 0.1) is 12.7 Å². The first kappa shape index (κ1) is 20.4. The number of anilines is 1. The van der Waals surface area contributed by atoms with Crippen LogP contribution in [0.25, 0.3) is 15.3 Å². The van der Waals surface area contributed by atoms with Gasteiger partial charge in [0.2, 0.25) is 11.0 Å². The molecule has 154 valence electrons. The second kappa shape index (κ2) is 8.85. The Labute approximate surface area is 181 Å². The molecule has 0 saturated heterocycles. The van der Waals surface area contributed by atoms with Crippen LogP contribution in [0.4, 0.5) is 10.2 Å². The van der Waals surface area contributed by atoms with Gasteiger partial charge in [-0.15, -0.1) is 11.8 Å². The van der Waals surface area contributed by atoms with Crippen molar-refractivity contribution < 1.29 is 13.9 Å². The van der Waals surface area contributed by atoms with E-state index in [-0.39, 0.29) is 11.7 Å². The number of rotatable bonds is 7. The maximum absolute atomic E-state index is 13.0. The number of hydrogen-bond acceptors (Lipinski definition) is 6. The molecular formula is C21H19FN4O2S2. The fraction of sp³-hybridized carbons (Fsp3) is 0.190. The number of aromatic nitrogens is 3. The maximum atomic E-state index is 13.0. The van der Waals surface area contributed by atoms with E-state index in [1.165, 1.54) is 35.2 Å². The van der Waals surface area contributed by atoms with Gasteiger partial charge in [-0.25, -0.2) is 9.37 Å². The van der Waals surface area contributed by atoms with Gasteiger partial charge < -0.3 is 10.1 Å². The number of nitrogens with one attached hydrogen (secondary N) is 1. The number of aryl methyl sites for hydroxylation is 1. The second-order valence-electron chi connectivity index (χ2n) is 6.51. The van der Waals surface area contributed by atoms with Crippen molar-refractivity contribution in [3.05, 3.63) is 60.0 Å². The second-order valence-corrected chi connectivity index (χ2v) is 8.69. The third-order valence-corrected chi connectivity index (χ3v) is 6.30. The molecule has 0 saturated carbocycles. The third-order valence-electron chi connectivity index (χ3n) is 4.28. The SMILES string of the molecule is COc1ccc2sc(-n3nc(C)cc3NC(=O)CCSc3ccc(F)cc3)nc2c1. The molecule has 0 aliphatic rings. The summed E-state index contributed by atoms with van der Waals surface area (Å²) < 4.78 is 20.9. The van der Waals surface area contributed by atoms with E-state index in [2.05, 4.69) is 15.4 Å². The Morgan fingerprint density at radius 2 is 2.03 bits per heavy atom. The predicted molar refractivity (Wildman–Crippen MR) is 118 cm³/mol. The molecule has 0 unspecified atom stereocenters. The highest BCUT2D eigenvalue weighted by Crippen LogP contribution is 2.29. The first-order valence-electron chi connectivity index (χ1n) is 9.21. The number of benzene rings is 2. The van der Waals surface area contributed by atoms with E-state index >= 15 is 0 Å². The molecule has 0 aliphatic carbocycles. The number of thiazole rings is 1. The molecule has 0 bridgehead atoms. The highest BCUT2D eigenvalue weighted by atomic mass is 32.2. The van der Waals surface area contributed by atoms with Gasteiger partial charge in [-0.05, 0) is 43.3 Å². The summed E-state index contributed by atoms with van der Waals surface area (Å²) in [6.45, 7) is 1.87. The summed E-state index contributed by atoms with van der Waals surface area (Å²) in [7, 11) is 1.62. The molecule has 0 aliphatic heterocycles. The first-order chi connectivity index (χ1) is 14.5. The lowest BCUT2D eigenvalue weighted by Crippen LogP contribution is -2.15. The molecule has 0 atom stereocenters. The van der Waals surface area contributed by atoms with Crippen LogP contribution in [0.2, 0.25) is 0 Å². The molecule has 0 spiro atoms. The van der Waals surface area contributed by atoms with Gasteiger partial charge in [0.15, 0.2) is 0 Å². The number of hydrogen-bond donors (Lipinski definition) is 1. The van der Waals surface area contributed by atoms with Crippen molar-refractivity contribution in [1.29, 1.82) is 0 Å². The number of carbonyl (C=O) groups excluding carboxylic acids is 1. The van der Waals surface area contributed by atoms with Crippen molar-refractivity contribution in [2.24, 2.45) is 0 Å². The number of amides is 1. The molecule has 1 amide bonds. The topological polar surface area (TPSA) is 69.0 Å². The van der Waals surface area contributed by atoms with Gasteiger partial charge >= 0.3 is 0 Å². The minimum Gasteiger partial charge on any atom is -0.497 e. The summed E-state index contributed by atoms with van der Waals surface area (Å²) in [5, 5.41) is 8.08. The van der Waals surface area contributed by atoms with Gasteiger partial charge in [0.25, 0.3) is 0 Å². The lowest BCUT2D eigenvalue weighted by molar-refractivity contribution is -0.115. The number of halogens is 1. The fourth-order valence-corrected chi connectivity index (χ4v) is 4.61. The van der Waals surface area contributed by atoms with Gasteiger partial charge in [-0.2, -0.15) is 9.78 Å². The Morgan fingerprint density at radius 3 is 2.80 bits per heavy atom. The monoisotopic (exact) mass is 442 g/mol. The number of nitrogens with zero attached hydrogens (tertiary/aromatic N) is 3. The van der Waals surface area contributed by atoms with Gasteiger partial charge in [-0.1, -0.05) is 11.3 Å². The third kappa shape index (κ3) is 4.63. The van der Waals surface area contributed by atoms with E-state index in [1.807, 2.05) is 31.2 Å². The summed E-state index contributed by atoms with van der Waals surface area (Å²) >= 11 is 3.00. The Kier molecular flexibility index (Phi) is 6.01. The summed E-state index contributed by atoms with van der Waals surface area (Å²) in [5.74, 6) is 1.52. The van der Waals surface area contributed by atoms with Crippen LogP contribution >= 0.6 is 23.1 Å². The van der Waals surface area contributed by atoms with E-state index in [0.717, 1.165) is 26.6 Å². The van der Waals surface area contributed by atoms with Crippen molar-refractivity contribution in [2.75, 3.05) is 18.2 Å². The molecule has 2 heterocycles. The molecule has 2 aromatic carbocycles. The van der Waals surface area contributed by atoms with Crippen LogP contribution in [0.3, 0.4) is 0 Å². The van der Waals surface area contributed by atoms with Crippen LogP contribution < -0.4 is 10.1 Å². The van der Waals surface area contributed by atoms with Gasteiger partial charge in [-0.3, -0.25) is 4.79 Å². The summed E-state index contributed by atoms with van der Waals surface area (Å²) in [4.78, 5) is 18.0. The number of fused-ring (bicyclic) bond motifs is 1. The molecule has 0 fully saturated rings. The average Bonchev–Trinajstić information content (AvgIpc) is 3.31. The normalized spacial score (nSPS) is 11.0. The van der Waals surface area contributed by atoms with Crippen LogP contribution in [0.5, 0.6) is 5.75 Å². The van der Waals surface area contributed by atoms with Crippen LogP contribution in [0.15, 0.2) is 53.4 Å². The van der Waals surface area contributed by atoms with Gasteiger partial charge in [0.05, 0.1) is 23.0 Å². The number of ether oxygens (including phenoxy) is 1. The molecule has 4 aromatic rings. The molecule has 2 aromatic heterocycles. The van der Waals surface area contributed by atoms with E-state index in [4.69, 9.17) is 4.74 Å². The number of thioether (sulfide) groups is 1. The van der Waals surface area contributed by atoms with E-state index in [0.29, 0.717) is 23.1 Å². The van der Waals surface area contributed by atoms with Crippen LogP contribution in [-0.4, -0.2) is 33.5 Å². The molecule has 6 nitrogen and oxygen atoms in total. The predicted octanol–water partition coefficient (Wildman–Crippen LogP) is 5.06. The lowest BCUT2D eigenvalue weighted by Gasteiger charge is -2.06. The van der Waals surface area contributed by atoms with Gasteiger partial charge in [0, 0.05) is 29.2 Å². The van der Waals surface area contributed by atoms with Gasteiger partial charge in [0.1, 0.15) is 17.4 Å². The smallest absolute Gasteiger partial charge is 0.226 e. The zero-order chi connectivity index (χ0) is 21.1. The van der Waals surface area contributed by atoms with Crippen molar-refractivity contribution in [3.8, 4) is 10.9 Å². The largest absolute Gasteiger partial charge is 0.497 e. The van der Waals surface area contributed by atoms with E-state index in [9.17, 15) is 9.18 Å². The van der Waals surface area contributed by atoms with Crippen molar-refractivity contribution >= 4 is 45.0 Å². The molecule has 30 heavy (non-hydrogen) atoms. The molecule has 4 rings (SSSR count). The number of methoxy groups -OCH3 is 1. The summed E-state index contributed by atoms with van der Waals surface area (Å²) in [6, 6.07) is 13.8. The van der Waals surface area contributed by atoms with E-state index < -0.39 is 0 Å². The number of carbonyl (C=O) groups is 1. The highest BCUT2D eigenvalue weighted by Gasteiger charge is 2.15. The molecular weight excluding hydrogens is 423 g/mol.